The number of halogens is 3. The molecule has 0 spiro atoms. The van der Waals surface area contributed by atoms with Gasteiger partial charge in [0.2, 0.25) is 5.95 Å². The molecule has 1 aliphatic rings. The lowest BCUT2D eigenvalue weighted by Crippen LogP contribution is -2.45. The number of alkyl halides is 3. The quantitative estimate of drug-likeness (QED) is 0.676. The second-order valence-corrected chi connectivity index (χ2v) is 7.23. The van der Waals surface area contributed by atoms with Crippen LogP contribution in [0.4, 0.5) is 19.1 Å². The highest BCUT2D eigenvalue weighted by Crippen LogP contribution is 2.28. The molecule has 1 N–H and O–H groups in total. The Balaban J connectivity index is 1.49. The van der Waals surface area contributed by atoms with Gasteiger partial charge in [-0.15, -0.1) is 4.80 Å². The molecular formula is C19H19F3N8O. The van der Waals surface area contributed by atoms with Gasteiger partial charge in [-0.2, -0.15) is 23.4 Å². The van der Waals surface area contributed by atoms with Crippen LogP contribution in [0.1, 0.15) is 34.5 Å². The average molecular weight is 432 g/mol. The lowest BCUT2D eigenvalue weighted by atomic mass is 10.0. The predicted octanol–water partition coefficient (Wildman–Crippen LogP) is 2.50. The summed E-state index contributed by atoms with van der Waals surface area (Å²) in [5.74, 6) is -0.186. The zero-order valence-corrected chi connectivity index (χ0v) is 16.5. The lowest BCUT2D eigenvalue weighted by Gasteiger charge is -2.33. The van der Waals surface area contributed by atoms with E-state index in [0.29, 0.717) is 25.2 Å². The van der Waals surface area contributed by atoms with Gasteiger partial charge in [0.05, 0.1) is 18.0 Å². The van der Waals surface area contributed by atoms with Crippen LogP contribution < -0.4 is 5.32 Å². The van der Waals surface area contributed by atoms with Gasteiger partial charge < -0.3 is 10.2 Å². The summed E-state index contributed by atoms with van der Waals surface area (Å²) in [6.07, 6.45) is 3.06. The largest absolute Gasteiger partial charge is 0.419 e. The number of carbonyl (C=O) groups is 1. The van der Waals surface area contributed by atoms with E-state index in [1.807, 2.05) is 6.92 Å². The first-order chi connectivity index (χ1) is 14.8. The van der Waals surface area contributed by atoms with Crippen molar-refractivity contribution in [2.45, 2.75) is 32.0 Å². The van der Waals surface area contributed by atoms with Gasteiger partial charge in [0.25, 0.3) is 5.91 Å². The number of likely N-dealkylation sites (tertiary alicyclic amines) is 1. The molecule has 3 aromatic rings. The van der Waals surface area contributed by atoms with Gasteiger partial charge in [0.15, 0.2) is 5.69 Å². The van der Waals surface area contributed by atoms with Crippen molar-refractivity contribution in [3.05, 3.63) is 53.9 Å². The van der Waals surface area contributed by atoms with E-state index in [1.54, 1.807) is 17.2 Å². The molecule has 1 saturated heterocycles. The standard InChI is InChI=1S/C19H19F3N8O/c1-12-7-15(30-26-4-5-27-30)16(23-8-12)17(31)29-6-2-3-14(11-29)28-18-24-9-13(10-25-18)19(20,21)22/h4-5,7-10,14H,2-3,6,11H2,1H3,(H,24,25,28). The maximum Gasteiger partial charge on any atom is 0.419 e. The number of carbonyl (C=O) groups excluding carboxylic acids is 1. The third kappa shape index (κ3) is 4.62. The first kappa shape index (κ1) is 20.7. The van der Waals surface area contributed by atoms with E-state index in [4.69, 9.17) is 0 Å². The summed E-state index contributed by atoms with van der Waals surface area (Å²) in [6, 6.07) is 1.59. The van der Waals surface area contributed by atoms with E-state index in [9.17, 15) is 18.0 Å². The van der Waals surface area contributed by atoms with E-state index in [0.717, 1.165) is 24.4 Å². The molecule has 4 rings (SSSR count). The summed E-state index contributed by atoms with van der Waals surface area (Å²) in [6.45, 7) is 2.73. The maximum atomic E-state index is 13.2. The van der Waals surface area contributed by atoms with Crippen LogP contribution in [0.3, 0.4) is 0 Å². The van der Waals surface area contributed by atoms with Crippen molar-refractivity contribution in [1.82, 2.24) is 34.8 Å². The summed E-state index contributed by atoms with van der Waals surface area (Å²) in [5, 5.41) is 11.2. The fourth-order valence-corrected chi connectivity index (χ4v) is 3.37. The van der Waals surface area contributed by atoms with Gasteiger partial charge in [-0.05, 0) is 31.4 Å². The number of rotatable bonds is 4. The van der Waals surface area contributed by atoms with Crippen molar-refractivity contribution < 1.29 is 18.0 Å². The Bertz CT molecular complexity index is 1050. The van der Waals surface area contributed by atoms with Gasteiger partial charge >= 0.3 is 6.18 Å². The predicted molar refractivity (Wildman–Crippen MR) is 103 cm³/mol. The number of hydrogen-bond acceptors (Lipinski definition) is 7. The number of hydrogen-bond donors (Lipinski definition) is 1. The normalized spacial score (nSPS) is 16.9. The fourth-order valence-electron chi connectivity index (χ4n) is 3.37. The zero-order chi connectivity index (χ0) is 22.0. The number of nitrogens with one attached hydrogen (secondary N) is 1. The van der Waals surface area contributed by atoms with Crippen LogP contribution in [0, 0.1) is 6.92 Å². The number of pyridine rings is 1. The summed E-state index contributed by atoms with van der Waals surface area (Å²) in [4.78, 5) is 28.0. The Morgan fingerprint density at radius 3 is 2.52 bits per heavy atom. The average Bonchev–Trinajstić information content (AvgIpc) is 3.28. The second-order valence-electron chi connectivity index (χ2n) is 7.23. The Morgan fingerprint density at radius 2 is 1.84 bits per heavy atom. The van der Waals surface area contributed by atoms with Crippen molar-refractivity contribution in [3.8, 4) is 5.69 Å². The van der Waals surface area contributed by atoms with Crippen LogP contribution in [-0.4, -0.2) is 59.9 Å². The molecule has 31 heavy (non-hydrogen) atoms. The van der Waals surface area contributed by atoms with Crippen LogP contribution in [0.15, 0.2) is 37.1 Å². The zero-order valence-electron chi connectivity index (χ0n) is 16.5. The number of aryl methyl sites for hydroxylation is 1. The molecule has 1 fully saturated rings. The third-order valence-corrected chi connectivity index (χ3v) is 4.86. The Morgan fingerprint density at radius 1 is 1.13 bits per heavy atom. The van der Waals surface area contributed by atoms with E-state index < -0.39 is 11.7 Å². The third-order valence-electron chi connectivity index (χ3n) is 4.86. The minimum Gasteiger partial charge on any atom is -0.350 e. The Kier molecular flexibility index (Phi) is 5.53. The monoisotopic (exact) mass is 432 g/mol. The summed E-state index contributed by atoms with van der Waals surface area (Å²) >= 11 is 0. The van der Waals surface area contributed by atoms with Gasteiger partial charge in [-0.1, -0.05) is 0 Å². The molecule has 0 saturated carbocycles. The summed E-state index contributed by atoms with van der Waals surface area (Å²) in [5.41, 5.74) is 0.662. The minimum atomic E-state index is -4.49. The molecule has 0 aliphatic carbocycles. The number of piperidine rings is 1. The van der Waals surface area contributed by atoms with Gasteiger partial charge in [-0.25, -0.2) is 15.0 Å². The molecule has 162 valence electrons. The number of aromatic nitrogens is 6. The highest BCUT2D eigenvalue weighted by Gasteiger charge is 2.32. The molecule has 9 nitrogen and oxygen atoms in total. The van der Waals surface area contributed by atoms with Gasteiger partial charge in [0, 0.05) is 37.7 Å². The van der Waals surface area contributed by atoms with Crippen molar-refractivity contribution in [1.29, 1.82) is 0 Å². The van der Waals surface area contributed by atoms with Crippen LogP contribution in [0.25, 0.3) is 5.69 Å². The van der Waals surface area contributed by atoms with Crippen LogP contribution in [0.5, 0.6) is 0 Å². The highest BCUT2D eigenvalue weighted by molar-refractivity contribution is 5.95. The molecule has 1 amide bonds. The van der Waals surface area contributed by atoms with Crippen LogP contribution >= 0.6 is 0 Å². The number of nitrogens with zero attached hydrogens (tertiary/aromatic N) is 7. The maximum absolute atomic E-state index is 13.2. The number of anilines is 1. The minimum absolute atomic E-state index is 0.0854. The Labute approximate surface area is 175 Å². The van der Waals surface area contributed by atoms with Crippen LogP contribution in [0.2, 0.25) is 0 Å². The molecule has 1 atom stereocenters. The topological polar surface area (TPSA) is 102 Å². The highest BCUT2D eigenvalue weighted by atomic mass is 19.4. The molecule has 0 bridgehead atoms. The molecular weight excluding hydrogens is 413 g/mol. The molecule has 1 unspecified atom stereocenters. The molecule has 1 aliphatic heterocycles. The van der Waals surface area contributed by atoms with Crippen molar-refractivity contribution in [3.63, 3.8) is 0 Å². The van der Waals surface area contributed by atoms with E-state index >= 15 is 0 Å². The van der Waals surface area contributed by atoms with Crippen molar-refractivity contribution in [2.24, 2.45) is 0 Å². The first-order valence-corrected chi connectivity index (χ1v) is 9.59. The van der Waals surface area contributed by atoms with Crippen LogP contribution in [-0.2, 0) is 6.18 Å². The fraction of sp³-hybridized carbons (Fsp3) is 0.368. The summed E-state index contributed by atoms with van der Waals surface area (Å²) in [7, 11) is 0. The van der Waals surface area contributed by atoms with E-state index in [1.165, 1.54) is 17.2 Å². The smallest absolute Gasteiger partial charge is 0.350 e. The first-order valence-electron chi connectivity index (χ1n) is 9.59. The summed E-state index contributed by atoms with van der Waals surface area (Å²) < 4.78 is 38.0. The number of amides is 1. The van der Waals surface area contributed by atoms with Gasteiger partial charge in [-0.3, -0.25) is 4.79 Å². The van der Waals surface area contributed by atoms with E-state index in [2.05, 4.69) is 30.5 Å². The van der Waals surface area contributed by atoms with E-state index in [-0.39, 0.29) is 23.6 Å². The SMILES string of the molecule is Cc1cnc(C(=O)N2CCCC(Nc3ncc(C(F)(F)F)cn3)C2)c(-n2nccn2)c1. The lowest BCUT2D eigenvalue weighted by molar-refractivity contribution is -0.138. The van der Waals surface area contributed by atoms with Gasteiger partial charge in [0.1, 0.15) is 5.69 Å². The second kappa shape index (κ2) is 8.28. The molecule has 3 aromatic heterocycles. The molecule has 4 heterocycles. The molecule has 12 heteroatoms. The molecule has 0 aromatic carbocycles. The Hall–Kier alpha value is -3.57. The van der Waals surface area contributed by atoms with Crippen molar-refractivity contribution >= 4 is 11.9 Å². The molecule has 0 radical (unpaired) electrons. The van der Waals surface area contributed by atoms with Crippen molar-refractivity contribution in [2.75, 3.05) is 18.4 Å².